The summed E-state index contributed by atoms with van der Waals surface area (Å²) in [6, 6.07) is 12.1. The summed E-state index contributed by atoms with van der Waals surface area (Å²) >= 11 is 1.05. The molecule has 2 aromatic carbocycles. The number of hydrogen-bond acceptors (Lipinski definition) is 4. The molecule has 0 radical (unpaired) electrons. The van der Waals surface area contributed by atoms with Crippen molar-refractivity contribution < 1.29 is 22.8 Å². The van der Waals surface area contributed by atoms with E-state index >= 15 is 0 Å². The lowest BCUT2D eigenvalue weighted by Crippen LogP contribution is -2.33. The van der Waals surface area contributed by atoms with Crippen molar-refractivity contribution in [3.63, 3.8) is 0 Å². The number of para-hydroxylation sites is 1. The normalized spacial score (nSPS) is 11.2. The van der Waals surface area contributed by atoms with E-state index in [4.69, 9.17) is 0 Å². The molecule has 2 N–H and O–H groups in total. The van der Waals surface area contributed by atoms with E-state index < -0.39 is 23.6 Å². The maximum atomic E-state index is 12.9. The zero-order valence-corrected chi connectivity index (χ0v) is 16.7. The molecule has 1 heterocycles. The number of rotatable bonds is 6. The number of carbonyl (C=O) groups is 2. The van der Waals surface area contributed by atoms with Crippen molar-refractivity contribution in [1.82, 2.24) is 10.3 Å². The van der Waals surface area contributed by atoms with Gasteiger partial charge < -0.3 is 10.6 Å². The van der Waals surface area contributed by atoms with Crippen LogP contribution in [0.5, 0.6) is 0 Å². The van der Waals surface area contributed by atoms with Gasteiger partial charge in [-0.1, -0.05) is 37.3 Å². The number of aryl methyl sites for hydroxylation is 1. The van der Waals surface area contributed by atoms with Gasteiger partial charge in [0.05, 0.1) is 12.1 Å². The SMILES string of the molecule is CCc1ccccc1NC(=O)CNC(=O)c1csc(-c2cccc(C(F)(F)F)c2)n1. The largest absolute Gasteiger partial charge is 0.416 e. The number of aromatic nitrogens is 1. The van der Waals surface area contributed by atoms with Crippen LogP contribution in [0.15, 0.2) is 53.9 Å². The Labute approximate surface area is 175 Å². The molecule has 30 heavy (non-hydrogen) atoms. The first-order valence-electron chi connectivity index (χ1n) is 9.07. The molecular weight excluding hydrogens is 415 g/mol. The summed E-state index contributed by atoms with van der Waals surface area (Å²) < 4.78 is 38.6. The van der Waals surface area contributed by atoms with E-state index in [0.29, 0.717) is 5.69 Å². The van der Waals surface area contributed by atoms with Gasteiger partial charge in [0.2, 0.25) is 5.91 Å². The number of amides is 2. The van der Waals surface area contributed by atoms with Gasteiger partial charge >= 0.3 is 6.18 Å². The van der Waals surface area contributed by atoms with Crippen LogP contribution >= 0.6 is 11.3 Å². The van der Waals surface area contributed by atoms with Crippen molar-refractivity contribution in [3.8, 4) is 10.6 Å². The summed E-state index contributed by atoms with van der Waals surface area (Å²) in [6.07, 6.45) is -3.71. The van der Waals surface area contributed by atoms with Crippen molar-refractivity contribution in [3.05, 3.63) is 70.7 Å². The number of alkyl halides is 3. The highest BCUT2D eigenvalue weighted by molar-refractivity contribution is 7.13. The molecule has 0 atom stereocenters. The summed E-state index contributed by atoms with van der Waals surface area (Å²) in [4.78, 5) is 28.5. The molecule has 0 unspecified atom stereocenters. The first-order valence-corrected chi connectivity index (χ1v) is 9.95. The highest BCUT2D eigenvalue weighted by Crippen LogP contribution is 2.33. The highest BCUT2D eigenvalue weighted by atomic mass is 32.1. The lowest BCUT2D eigenvalue weighted by molar-refractivity contribution is -0.137. The fraction of sp³-hybridized carbons (Fsp3) is 0.190. The topological polar surface area (TPSA) is 71.1 Å². The third-order valence-electron chi connectivity index (χ3n) is 4.26. The number of nitrogens with one attached hydrogen (secondary N) is 2. The predicted molar refractivity (Wildman–Crippen MR) is 109 cm³/mol. The number of halogens is 3. The van der Waals surface area contributed by atoms with Crippen molar-refractivity contribution in [1.29, 1.82) is 0 Å². The van der Waals surface area contributed by atoms with Crippen LogP contribution in [-0.2, 0) is 17.4 Å². The summed E-state index contributed by atoms with van der Waals surface area (Å²) in [5.74, 6) is -0.971. The van der Waals surface area contributed by atoms with Crippen LogP contribution < -0.4 is 10.6 Å². The second kappa shape index (κ2) is 9.08. The van der Waals surface area contributed by atoms with Crippen molar-refractivity contribution in [2.24, 2.45) is 0 Å². The molecule has 0 saturated heterocycles. The van der Waals surface area contributed by atoms with E-state index in [2.05, 4.69) is 15.6 Å². The molecule has 1 aromatic heterocycles. The third-order valence-corrected chi connectivity index (χ3v) is 5.15. The average Bonchev–Trinajstić information content (AvgIpc) is 3.22. The Morgan fingerprint density at radius 2 is 1.87 bits per heavy atom. The fourth-order valence-electron chi connectivity index (χ4n) is 2.74. The van der Waals surface area contributed by atoms with Gasteiger partial charge in [0.1, 0.15) is 10.7 Å². The van der Waals surface area contributed by atoms with Crippen LogP contribution in [-0.4, -0.2) is 23.3 Å². The van der Waals surface area contributed by atoms with E-state index in [1.54, 1.807) is 12.1 Å². The van der Waals surface area contributed by atoms with Gasteiger partial charge in [-0.05, 0) is 30.2 Å². The fourth-order valence-corrected chi connectivity index (χ4v) is 3.53. The smallest absolute Gasteiger partial charge is 0.342 e. The molecule has 0 aliphatic rings. The number of hydrogen-bond donors (Lipinski definition) is 2. The van der Waals surface area contributed by atoms with E-state index in [9.17, 15) is 22.8 Å². The van der Waals surface area contributed by atoms with Crippen molar-refractivity contribution in [2.45, 2.75) is 19.5 Å². The lowest BCUT2D eigenvalue weighted by atomic mass is 10.1. The summed E-state index contributed by atoms with van der Waals surface area (Å²) in [7, 11) is 0. The molecule has 0 aliphatic carbocycles. The van der Waals surface area contributed by atoms with Crippen LogP contribution in [0.25, 0.3) is 10.6 Å². The number of anilines is 1. The molecule has 0 saturated carbocycles. The maximum absolute atomic E-state index is 12.9. The molecule has 0 spiro atoms. The molecule has 0 fully saturated rings. The molecule has 0 bridgehead atoms. The van der Waals surface area contributed by atoms with E-state index in [-0.39, 0.29) is 22.8 Å². The summed E-state index contributed by atoms with van der Waals surface area (Å²) in [6.45, 7) is 1.71. The Hall–Kier alpha value is -3.20. The van der Waals surface area contributed by atoms with Crippen molar-refractivity contribution >= 4 is 28.8 Å². The average molecular weight is 433 g/mol. The Bertz CT molecular complexity index is 1060. The minimum atomic E-state index is -4.46. The van der Waals surface area contributed by atoms with Crippen LogP contribution in [0.1, 0.15) is 28.5 Å². The molecule has 9 heteroatoms. The highest BCUT2D eigenvalue weighted by Gasteiger charge is 2.30. The zero-order chi connectivity index (χ0) is 21.7. The molecular formula is C21H18F3N3O2S. The van der Waals surface area contributed by atoms with E-state index in [1.807, 2.05) is 19.1 Å². The Kier molecular flexibility index (Phi) is 6.51. The van der Waals surface area contributed by atoms with Crippen LogP contribution in [0.2, 0.25) is 0 Å². The zero-order valence-electron chi connectivity index (χ0n) is 15.9. The predicted octanol–water partition coefficient (Wildman–Crippen LogP) is 4.76. The number of thiazole rings is 1. The molecule has 3 aromatic rings. The number of carbonyl (C=O) groups excluding carboxylic acids is 2. The van der Waals surface area contributed by atoms with Crippen LogP contribution in [0.3, 0.4) is 0 Å². The Balaban J connectivity index is 1.62. The van der Waals surface area contributed by atoms with E-state index in [0.717, 1.165) is 35.5 Å². The van der Waals surface area contributed by atoms with Gasteiger partial charge in [-0.2, -0.15) is 13.2 Å². The second-order valence-corrected chi connectivity index (χ2v) is 7.22. The minimum absolute atomic E-state index is 0.0363. The van der Waals surface area contributed by atoms with Gasteiger partial charge in [0, 0.05) is 16.6 Å². The standard InChI is InChI=1S/C21H18F3N3O2S/c1-2-13-6-3-4-9-16(13)26-18(28)11-25-19(29)17-12-30-20(27-17)14-7-5-8-15(10-14)21(22,23)24/h3-10,12H,2,11H2,1H3,(H,25,29)(H,26,28). The monoisotopic (exact) mass is 433 g/mol. The molecule has 3 rings (SSSR count). The molecule has 2 amide bonds. The molecule has 0 aliphatic heterocycles. The minimum Gasteiger partial charge on any atom is -0.342 e. The lowest BCUT2D eigenvalue weighted by Gasteiger charge is -2.10. The molecule has 156 valence electrons. The van der Waals surface area contributed by atoms with Crippen LogP contribution in [0.4, 0.5) is 18.9 Å². The maximum Gasteiger partial charge on any atom is 0.416 e. The van der Waals surface area contributed by atoms with Crippen molar-refractivity contribution in [2.75, 3.05) is 11.9 Å². The van der Waals surface area contributed by atoms with Gasteiger partial charge in [-0.3, -0.25) is 9.59 Å². The Morgan fingerprint density at radius 1 is 1.10 bits per heavy atom. The number of nitrogens with zero attached hydrogens (tertiary/aromatic N) is 1. The third kappa shape index (κ3) is 5.24. The van der Waals surface area contributed by atoms with Gasteiger partial charge in [-0.25, -0.2) is 4.98 Å². The second-order valence-electron chi connectivity index (χ2n) is 6.36. The first kappa shape index (κ1) is 21.5. The van der Waals surface area contributed by atoms with Crippen LogP contribution in [0, 0.1) is 0 Å². The van der Waals surface area contributed by atoms with Gasteiger partial charge in [0.25, 0.3) is 5.91 Å². The quantitative estimate of drug-likeness (QED) is 0.589. The molecule has 5 nitrogen and oxygen atoms in total. The Morgan fingerprint density at radius 3 is 2.60 bits per heavy atom. The van der Waals surface area contributed by atoms with Gasteiger partial charge in [-0.15, -0.1) is 11.3 Å². The summed E-state index contributed by atoms with van der Waals surface area (Å²) in [5.41, 5.74) is 1.17. The number of benzene rings is 2. The summed E-state index contributed by atoms with van der Waals surface area (Å²) in [5, 5.41) is 6.94. The van der Waals surface area contributed by atoms with Gasteiger partial charge in [0.15, 0.2) is 0 Å². The first-order chi connectivity index (χ1) is 14.3. The van der Waals surface area contributed by atoms with E-state index in [1.165, 1.54) is 17.5 Å².